The summed E-state index contributed by atoms with van der Waals surface area (Å²) in [4.78, 5) is 12.3. The van der Waals surface area contributed by atoms with Crippen LogP contribution in [0.1, 0.15) is 18.4 Å². The van der Waals surface area contributed by atoms with Gasteiger partial charge in [0.05, 0.1) is 23.6 Å². The number of hydrogen-bond donors (Lipinski definition) is 1. The molecule has 0 atom stereocenters. The van der Waals surface area contributed by atoms with E-state index in [0.29, 0.717) is 42.2 Å². The summed E-state index contributed by atoms with van der Waals surface area (Å²) in [6, 6.07) is 12.4. The molecule has 1 aliphatic rings. The van der Waals surface area contributed by atoms with Crippen molar-refractivity contribution >= 4 is 38.9 Å². The molecule has 0 aromatic heterocycles. The Bertz CT molecular complexity index is 929. The summed E-state index contributed by atoms with van der Waals surface area (Å²) in [6.45, 7) is 0.400. The average molecular weight is 409 g/mol. The van der Waals surface area contributed by atoms with Gasteiger partial charge in [-0.3, -0.25) is 9.10 Å². The lowest BCUT2D eigenvalue weighted by molar-refractivity contribution is -0.116. The molecule has 144 valence electrons. The lowest BCUT2D eigenvalue weighted by Crippen LogP contribution is -2.25. The second-order valence-corrected chi connectivity index (χ2v) is 8.72. The zero-order valence-electron chi connectivity index (χ0n) is 14.9. The summed E-state index contributed by atoms with van der Waals surface area (Å²) in [5.74, 6) is 0.735. The summed E-state index contributed by atoms with van der Waals surface area (Å²) < 4.78 is 30.7. The number of methoxy groups -OCH3 is 1. The van der Waals surface area contributed by atoms with E-state index < -0.39 is 10.0 Å². The molecule has 0 aliphatic carbocycles. The number of carbonyl (C=O) groups excluding carboxylic acids is 1. The summed E-state index contributed by atoms with van der Waals surface area (Å²) >= 11 is 6.18. The van der Waals surface area contributed by atoms with Gasteiger partial charge in [0.2, 0.25) is 15.9 Å². The molecule has 0 saturated carbocycles. The zero-order chi connectivity index (χ0) is 19.4. The van der Waals surface area contributed by atoms with Crippen LogP contribution in [0.4, 0.5) is 11.4 Å². The Kier molecular flexibility index (Phi) is 5.92. The second kappa shape index (κ2) is 8.19. The molecule has 1 fully saturated rings. The molecule has 2 aromatic rings. The van der Waals surface area contributed by atoms with Crippen molar-refractivity contribution in [2.24, 2.45) is 0 Å². The molecule has 27 heavy (non-hydrogen) atoms. The lowest BCUT2D eigenvalue weighted by Gasteiger charge is -2.19. The topological polar surface area (TPSA) is 75.7 Å². The number of sulfonamides is 1. The van der Waals surface area contributed by atoms with E-state index in [4.69, 9.17) is 16.3 Å². The fourth-order valence-electron chi connectivity index (χ4n) is 2.97. The SMILES string of the molecule is COc1ccc(CCC(=O)Nc2ccc(Cl)c(N3CCCS3(=O)=O)c2)cc1. The van der Waals surface area contributed by atoms with Crippen molar-refractivity contribution in [1.82, 2.24) is 0 Å². The Morgan fingerprint density at radius 1 is 1.22 bits per heavy atom. The highest BCUT2D eigenvalue weighted by Gasteiger charge is 2.30. The van der Waals surface area contributed by atoms with Crippen LogP contribution in [0.5, 0.6) is 5.75 Å². The Morgan fingerprint density at radius 3 is 2.59 bits per heavy atom. The average Bonchev–Trinajstić information content (AvgIpc) is 3.01. The van der Waals surface area contributed by atoms with Gasteiger partial charge in [-0.25, -0.2) is 8.42 Å². The van der Waals surface area contributed by atoms with Crippen LogP contribution >= 0.6 is 11.6 Å². The molecule has 1 amide bonds. The van der Waals surface area contributed by atoms with Gasteiger partial charge in [-0.2, -0.15) is 0 Å². The number of carbonyl (C=O) groups is 1. The minimum absolute atomic E-state index is 0.113. The molecule has 3 rings (SSSR count). The molecule has 0 bridgehead atoms. The minimum Gasteiger partial charge on any atom is -0.497 e. The number of hydrogen-bond acceptors (Lipinski definition) is 4. The first kappa shape index (κ1) is 19.5. The van der Waals surface area contributed by atoms with Crippen molar-refractivity contribution in [3.8, 4) is 5.75 Å². The van der Waals surface area contributed by atoms with Crippen molar-refractivity contribution in [2.45, 2.75) is 19.3 Å². The van der Waals surface area contributed by atoms with E-state index in [0.717, 1.165) is 11.3 Å². The third-order valence-electron chi connectivity index (χ3n) is 4.40. The predicted molar refractivity (Wildman–Crippen MR) is 107 cm³/mol. The van der Waals surface area contributed by atoms with Crippen molar-refractivity contribution in [2.75, 3.05) is 29.0 Å². The monoisotopic (exact) mass is 408 g/mol. The van der Waals surface area contributed by atoms with Crippen LogP contribution < -0.4 is 14.4 Å². The smallest absolute Gasteiger partial charge is 0.235 e. The number of aryl methyl sites for hydroxylation is 1. The highest BCUT2D eigenvalue weighted by molar-refractivity contribution is 7.93. The maximum Gasteiger partial charge on any atom is 0.235 e. The first-order valence-electron chi connectivity index (χ1n) is 8.62. The number of anilines is 2. The van der Waals surface area contributed by atoms with Crippen LogP contribution in [0.25, 0.3) is 0 Å². The second-order valence-electron chi connectivity index (χ2n) is 6.30. The summed E-state index contributed by atoms with van der Waals surface area (Å²) in [7, 11) is -1.73. The lowest BCUT2D eigenvalue weighted by atomic mass is 10.1. The van der Waals surface area contributed by atoms with Gasteiger partial charge in [0.15, 0.2) is 0 Å². The first-order chi connectivity index (χ1) is 12.9. The van der Waals surface area contributed by atoms with Crippen LogP contribution in [0.3, 0.4) is 0 Å². The van der Waals surface area contributed by atoms with Crippen LogP contribution in [0, 0.1) is 0 Å². The molecule has 1 saturated heterocycles. The van der Waals surface area contributed by atoms with Gasteiger partial charge in [0.25, 0.3) is 0 Å². The molecular formula is C19H21ClN2O4S. The van der Waals surface area contributed by atoms with Crippen molar-refractivity contribution < 1.29 is 17.9 Å². The Labute approximate surface area is 164 Å². The minimum atomic E-state index is -3.33. The maximum atomic E-state index is 12.3. The highest BCUT2D eigenvalue weighted by Crippen LogP contribution is 2.33. The van der Waals surface area contributed by atoms with Crippen LogP contribution in [0.15, 0.2) is 42.5 Å². The van der Waals surface area contributed by atoms with Crippen LogP contribution in [-0.4, -0.2) is 33.7 Å². The van der Waals surface area contributed by atoms with Gasteiger partial charge in [0.1, 0.15) is 5.75 Å². The normalized spacial score (nSPS) is 15.6. The van der Waals surface area contributed by atoms with Gasteiger partial charge in [0, 0.05) is 18.7 Å². The fraction of sp³-hybridized carbons (Fsp3) is 0.316. The number of amides is 1. The first-order valence-corrected chi connectivity index (χ1v) is 10.6. The van der Waals surface area contributed by atoms with Crippen molar-refractivity contribution in [3.05, 3.63) is 53.1 Å². The Morgan fingerprint density at radius 2 is 1.96 bits per heavy atom. The van der Waals surface area contributed by atoms with E-state index in [1.54, 1.807) is 25.3 Å². The van der Waals surface area contributed by atoms with E-state index in [1.807, 2.05) is 24.3 Å². The zero-order valence-corrected chi connectivity index (χ0v) is 16.5. The molecule has 0 unspecified atom stereocenters. The molecule has 1 aliphatic heterocycles. The molecule has 1 N–H and O–H groups in total. The maximum absolute atomic E-state index is 12.3. The van der Waals surface area contributed by atoms with Gasteiger partial charge in [-0.15, -0.1) is 0 Å². The van der Waals surface area contributed by atoms with Gasteiger partial charge in [-0.1, -0.05) is 23.7 Å². The number of ether oxygens (including phenoxy) is 1. The third-order valence-corrected chi connectivity index (χ3v) is 6.57. The quantitative estimate of drug-likeness (QED) is 0.794. The summed E-state index contributed by atoms with van der Waals surface area (Å²) in [5.41, 5.74) is 1.96. The number of rotatable bonds is 6. The van der Waals surface area contributed by atoms with Crippen molar-refractivity contribution in [3.63, 3.8) is 0 Å². The highest BCUT2D eigenvalue weighted by atomic mass is 35.5. The molecule has 8 heteroatoms. The van der Waals surface area contributed by atoms with Gasteiger partial charge in [-0.05, 0) is 48.7 Å². The number of benzene rings is 2. The summed E-state index contributed by atoms with van der Waals surface area (Å²) in [6.07, 6.45) is 1.47. The number of nitrogens with zero attached hydrogens (tertiary/aromatic N) is 1. The Balaban J connectivity index is 1.64. The molecule has 6 nitrogen and oxygen atoms in total. The molecule has 0 radical (unpaired) electrons. The number of halogens is 1. The van der Waals surface area contributed by atoms with E-state index in [-0.39, 0.29) is 11.7 Å². The van der Waals surface area contributed by atoms with Gasteiger partial charge >= 0.3 is 0 Å². The molecule has 2 aromatic carbocycles. The largest absolute Gasteiger partial charge is 0.497 e. The van der Waals surface area contributed by atoms with E-state index in [1.165, 1.54) is 4.31 Å². The number of nitrogens with one attached hydrogen (secondary N) is 1. The predicted octanol–water partition coefficient (Wildman–Crippen LogP) is 3.46. The van der Waals surface area contributed by atoms with Crippen LogP contribution in [0.2, 0.25) is 5.02 Å². The van der Waals surface area contributed by atoms with Gasteiger partial charge < -0.3 is 10.1 Å². The fourth-order valence-corrected chi connectivity index (χ4v) is 4.81. The molecule has 1 heterocycles. The summed E-state index contributed by atoms with van der Waals surface area (Å²) in [5, 5.41) is 3.15. The third kappa shape index (κ3) is 4.73. The standard InChI is InChI=1S/C19H21ClN2O4S/c1-26-16-7-3-14(4-8-16)5-10-19(23)21-15-6-9-17(20)18(13-15)22-11-2-12-27(22,24)25/h3-4,6-9,13H,2,5,10-12H2,1H3,(H,21,23). The molecule has 0 spiro atoms. The van der Waals surface area contributed by atoms with E-state index in [9.17, 15) is 13.2 Å². The Hall–Kier alpha value is -2.25. The molecular weight excluding hydrogens is 388 g/mol. The van der Waals surface area contributed by atoms with Crippen LogP contribution in [-0.2, 0) is 21.2 Å². The van der Waals surface area contributed by atoms with E-state index in [2.05, 4.69) is 5.32 Å². The van der Waals surface area contributed by atoms with Crippen molar-refractivity contribution in [1.29, 1.82) is 0 Å². The van der Waals surface area contributed by atoms with E-state index >= 15 is 0 Å².